The van der Waals surface area contributed by atoms with E-state index >= 15 is 0 Å². The molecule has 0 aliphatic carbocycles. The molecule has 0 bridgehead atoms. The normalized spacial score (nSPS) is 5.50. The van der Waals surface area contributed by atoms with Crippen molar-refractivity contribution >= 4 is 55.6 Å². The third kappa shape index (κ3) is 856. The van der Waals surface area contributed by atoms with Gasteiger partial charge in [-0.1, -0.05) is 0 Å². The summed E-state index contributed by atoms with van der Waals surface area (Å²) in [4.78, 5) is 27.0. The van der Waals surface area contributed by atoms with Gasteiger partial charge in [-0.25, -0.2) is 4.79 Å². The zero-order chi connectivity index (χ0) is 11.4. The van der Waals surface area contributed by atoms with E-state index in [1.54, 1.807) is 0 Å². The molecule has 0 rings (SSSR count). The molecular formula is C6H11CaNO6. The van der Waals surface area contributed by atoms with Gasteiger partial charge in [0.25, 0.3) is 11.9 Å². The summed E-state index contributed by atoms with van der Waals surface area (Å²) in [7, 11) is 0. The zero-order valence-corrected chi connectivity index (χ0v) is 7.01. The molecule has 0 atom stereocenters. The predicted molar refractivity (Wildman–Crippen MR) is 48.4 cm³/mol. The van der Waals surface area contributed by atoms with E-state index in [-0.39, 0.29) is 37.7 Å². The van der Waals surface area contributed by atoms with Gasteiger partial charge >= 0.3 is 43.7 Å². The van der Waals surface area contributed by atoms with Crippen LogP contribution >= 0.6 is 0 Å². The van der Waals surface area contributed by atoms with Crippen LogP contribution in [0, 0.1) is 11.3 Å². The average molecular weight is 233 g/mol. The van der Waals surface area contributed by atoms with E-state index in [2.05, 4.69) is 0 Å². The Morgan fingerprint density at radius 2 is 1.07 bits per heavy atom. The first-order chi connectivity index (χ1) is 5.73. The predicted octanol–water partition coefficient (Wildman–Crippen LogP) is -1.14. The van der Waals surface area contributed by atoms with E-state index in [0.717, 1.165) is 19.9 Å². The van der Waals surface area contributed by atoms with E-state index in [4.69, 9.17) is 35.0 Å². The summed E-state index contributed by atoms with van der Waals surface area (Å²) in [6, 6.07) is 0.944. The summed E-state index contributed by atoms with van der Waals surface area (Å²) < 4.78 is 0. The Kier molecular flexibility index (Phi) is 29.9. The summed E-state index contributed by atoms with van der Waals surface area (Å²) in [5.41, 5.74) is 0. The molecule has 78 valence electrons. The molecule has 0 unspecified atom stereocenters. The van der Waals surface area contributed by atoms with Crippen molar-refractivity contribution in [3.63, 3.8) is 0 Å². The summed E-state index contributed by atoms with van der Waals surface area (Å²) in [5, 5.41) is 29.5. The number of hydrogen-bond donors (Lipinski definition) is 3. The van der Waals surface area contributed by atoms with Crippen molar-refractivity contribution in [2.45, 2.75) is 13.8 Å². The molecule has 0 saturated carbocycles. The van der Waals surface area contributed by atoms with Crippen LogP contribution in [0.4, 0.5) is 0 Å². The topological polar surface area (TPSA) is 136 Å². The van der Waals surface area contributed by atoms with Crippen LogP contribution in [0.5, 0.6) is 0 Å². The van der Waals surface area contributed by atoms with Gasteiger partial charge in [-0.3, -0.25) is 9.59 Å². The van der Waals surface area contributed by atoms with Gasteiger partial charge in [0.15, 0.2) is 6.07 Å². The van der Waals surface area contributed by atoms with Gasteiger partial charge in [0, 0.05) is 13.8 Å². The summed E-state index contributed by atoms with van der Waals surface area (Å²) in [6.07, 6.45) is 0. The number of rotatable bonds is 0. The Labute approximate surface area is 110 Å². The minimum atomic E-state index is -1.44. The van der Waals surface area contributed by atoms with Crippen molar-refractivity contribution in [1.29, 1.82) is 5.26 Å². The van der Waals surface area contributed by atoms with Crippen molar-refractivity contribution in [1.82, 2.24) is 0 Å². The Morgan fingerprint density at radius 3 is 1.07 bits per heavy atom. The molecule has 0 aromatic carbocycles. The number of nitriles is 1. The quantitative estimate of drug-likeness (QED) is 0.273. The fourth-order valence-corrected chi connectivity index (χ4v) is 0. The molecule has 0 spiro atoms. The van der Waals surface area contributed by atoms with E-state index in [1.807, 2.05) is 0 Å². The molecule has 0 aromatic rings. The third-order valence-corrected chi connectivity index (χ3v) is 0.0956. The summed E-state index contributed by atoms with van der Waals surface area (Å²) in [6.45, 7) is 2.17. The fraction of sp³-hybridized carbons (Fsp3) is 0.333. The third-order valence-electron chi connectivity index (χ3n) is 0.0956. The van der Waals surface area contributed by atoms with Crippen LogP contribution in [0.15, 0.2) is 0 Å². The molecule has 0 heterocycles. The summed E-state index contributed by atoms with van der Waals surface area (Å²) >= 11 is 0. The van der Waals surface area contributed by atoms with Gasteiger partial charge in [0.05, 0.1) is 0 Å². The van der Waals surface area contributed by atoms with E-state index in [1.165, 1.54) is 0 Å². The Balaban J connectivity index is -0.0000000522. The molecule has 0 fully saturated rings. The molecule has 0 aliphatic heterocycles. The second-order valence-electron chi connectivity index (χ2n) is 1.45. The van der Waals surface area contributed by atoms with Crippen molar-refractivity contribution in [3.05, 3.63) is 0 Å². The maximum absolute atomic E-state index is 9.01. The minimum absolute atomic E-state index is 0. The molecule has 7 nitrogen and oxygen atoms in total. The average Bonchev–Trinajstić information content (AvgIpc) is 1.84. The van der Waals surface area contributed by atoms with Gasteiger partial charge in [-0.15, -0.1) is 0 Å². The first-order valence-corrected chi connectivity index (χ1v) is 2.76. The molecule has 0 aliphatic rings. The summed E-state index contributed by atoms with van der Waals surface area (Å²) in [5.74, 6) is -3.11. The first kappa shape index (κ1) is 23.2. The number of hydrogen-bond acceptors (Lipinski definition) is 4. The van der Waals surface area contributed by atoms with Crippen LogP contribution < -0.4 is 0 Å². The van der Waals surface area contributed by atoms with Crippen molar-refractivity contribution in [2.24, 2.45) is 0 Å². The number of aliphatic carboxylic acids is 3. The van der Waals surface area contributed by atoms with Crippen molar-refractivity contribution < 1.29 is 29.7 Å². The van der Waals surface area contributed by atoms with Gasteiger partial charge in [0.1, 0.15) is 0 Å². The second kappa shape index (κ2) is 18.0. The molecule has 8 heteroatoms. The van der Waals surface area contributed by atoms with Crippen molar-refractivity contribution in [2.75, 3.05) is 0 Å². The maximum atomic E-state index is 9.01. The van der Waals surface area contributed by atoms with Gasteiger partial charge in [-0.05, 0) is 0 Å². The van der Waals surface area contributed by atoms with E-state index < -0.39 is 17.9 Å². The second-order valence-corrected chi connectivity index (χ2v) is 1.45. The van der Waals surface area contributed by atoms with E-state index in [0.29, 0.717) is 0 Å². The number of nitrogens with zero attached hydrogens (tertiary/aromatic N) is 1. The van der Waals surface area contributed by atoms with Crippen LogP contribution in [-0.4, -0.2) is 71.0 Å². The SMILES string of the molecule is CC(=O)O.CC(=O)O.N#CC(=O)O.[CaH2]. The zero-order valence-electron chi connectivity index (χ0n) is 7.01. The first-order valence-electron chi connectivity index (χ1n) is 2.76. The molecule has 0 saturated heterocycles. The van der Waals surface area contributed by atoms with Gasteiger partial charge in [-0.2, -0.15) is 5.26 Å². The molecule has 14 heavy (non-hydrogen) atoms. The molecule has 3 N–H and O–H groups in total. The van der Waals surface area contributed by atoms with Gasteiger partial charge < -0.3 is 15.3 Å². The number of carbonyl (C=O) groups is 3. The van der Waals surface area contributed by atoms with Crippen LogP contribution in [0.2, 0.25) is 0 Å². The monoisotopic (exact) mass is 233 g/mol. The van der Waals surface area contributed by atoms with Crippen LogP contribution in [0.25, 0.3) is 0 Å². The van der Waals surface area contributed by atoms with E-state index in [9.17, 15) is 0 Å². The molecular weight excluding hydrogens is 222 g/mol. The molecule has 0 aromatic heterocycles. The Morgan fingerprint density at radius 1 is 1.00 bits per heavy atom. The standard InChI is InChI=1S/C2HNO2.2C2H4O2.Ca.2H/c3-1-2(4)5;2*1-2(3)4;;;/h(H,4,5);2*1H3,(H,3,4);;;. The fourth-order valence-electron chi connectivity index (χ4n) is 0. The Hall–Kier alpha value is -0.840. The van der Waals surface area contributed by atoms with Crippen LogP contribution in [0.1, 0.15) is 13.8 Å². The van der Waals surface area contributed by atoms with Gasteiger partial charge in [0.2, 0.25) is 0 Å². The molecule has 0 radical (unpaired) electrons. The van der Waals surface area contributed by atoms with Crippen LogP contribution in [-0.2, 0) is 14.4 Å². The van der Waals surface area contributed by atoms with Crippen LogP contribution in [0.3, 0.4) is 0 Å². The molecule has 0 amide bonds. The Bertz CT molecular complexity index is 201. The number of carboxylic acids is 3. The van der Waals surface area contributed by atoms with Crippen molar-refractivity contribution in [3.8, 4) is 6.07 Å². The number of carboxylic acid groups (broad SMARTS) is 3.